The number of nitrogens with zero attached hydrogens (tertiary/aromatic N) is 1. The van der Waals surface area contributed by atoms with Gasteiger partial charge in [-0.25, -0.2) is 4.79 Å². The Kier molecular flexibility index (Phi) is 7.78. The molecule has 2 bridgehead atoms. The highest BCUT2D eigenvalue weighted by molar-refractivity contribution is 5.88. The molecule has 6 fully saturated rings. The maximum atomic E-state index is 13.9. The fraction of sp³-hybridized carbons (Fsp3) is 0.727. The summed E-state index contributed by atoms with van der Waals surface area (Å²) in [7, 11) is 0. The van der Waals surface area contributed by atoms with Crippen LogP contribution < -0.4 is 5.32 Å². The van der Waals surface area contributed by atoms with Gasteiger partial charge < -0.3 is 10.4 Å². The summed E-state index contributed by atoms with van der Waals surface area (Å²) in [5.41, 5.74) is 4.87. The normalized spacial score (nSPS) is 45.0. The molecular weight excluding hydrogens is 604 g/mol. The topological polar surface area (TPSA) is 69.6 Å². The number of rotatable bonds is 6. The number of carbonyl (C=O) groups excluding carboxylic acids is 1. The van der Waals surface area contributed by atoms with Crippen LogP contribution in [0.1, 0.15) is 135 Å². The number of likely N-dealkylation sites (tertiary alicyclic amines) is 1. The predicted octanol–water partition coefficient (Wildman–Crippen LogP) is 9.39. The quantitative estimate of drug-likeness (QED) is 0.297. The molecule has 2 N–H and O–H groups in total. The summed E-state index contributed by atoms with van der Waals surface area (Å²) in [5, 5.41) is 13.3. The summed E-state index contributed by atoms with van der Waals surface area (Å²) in [4.78, 5) is 28.0. The third kappa shape index (κ3) is 4.78. The number of benzene rings is 1. The first-order valence-electron chi connectivity index (χ1n) is 19.9. The van der Waals surface area contributed by atoms with E-state index in [2.05, 4.69) is 64.4 Å². The molecule has 5 saturated carbocycles. The van der Waals surface area contributed by atoms with Gasteiger partial charge in [-0.15, -0.1) is 0 Å². The van der Waals surface area contributed by atoms with Crippen LogP contribution in [0, 0.1) is 57.2 Å². The summed E-state index contributed by atoms with van der Waals surface area (Å²) in [6.07, 6.45) is 17.2. The van der Waals surface area contributed by atoms with E-state index in [4.69, 9.17) is 0 Å². The number of nitrogens with one attached hydrogen (secondary N) is 1. The Balaban J connectivity index is 1.08. The van der Waals surface area contributed by atoms with Crippen molar-refractivity contribution in [2.75, 3.05) is 13.1 Å². The van der Waals surface area contributed by atoms with Crippen molar-refractivity contribution in [3.05, 3.63) is 53.6 Å². The number of hydrogen-bond acceptors (Lipinski definition) is 3. The van der Waals surface area contributed by atoms with Crippen LogP contribution in [0.15, 0.2) is 42.5 Å². The van der Waals surface area contributed by atoms with Crippen molar-refractivity contribution < 1.29 is 14.7 Å². The van der Waals surface area contributed by atoms with Crippen LogP contribution in [0.3, 0.4) is 0 Å². The van der Waals surface area contributed by atoms with Crippen molar-refractivity contribution >= 4 is 17.4 Å². The van der Waals surface area contributed by atoms with Gasteiger partial charge in [-0.1, -0.05) is 65.0 Å². The van der Waals surface area contributed by atoms with Gasteiger partial charge in [0.05, 0.1) is 12.1 Å². The number of fused-ring (bicyclic) bond motifs is 9. The number of carbonyl (C=O) groups is 2. The summed E-state index contributed by atoms with van der Waals surface area (Å²) < 4.78 is 0. The zero-order valence-electron chi connectivity index (χ0n) is 31.2. The van der Waals surface area contributed by atoms with Gasteiger partial charge in [0.2, 0.25) is 5.91 Å². The number of carboxylic acid groups (broad SMARTS) is 1. The number of amides is 1. The van der Waals surface area contributed by atoms with E-state index in [1.807, 2.05) is 12.1 Å². The van der Waals surface area contributed by atoms with Gasteiger partial charge in [-0.3, -0.25) is 9.69 Å². The second-order valence-corrected chi connectivity index (χ2v) is 19.6. The summed E-state index contributed by atoms with van der Waals surface area (Å²) in [5.74, 6) is 3.04. The lowest BCUT2D eigenvalue weighted by atomic mass is 9.33. The number of piperidine rings is 1. The highest BCUT2D eigenvalue weighted by Gasteiger charge is 2.70. The smallest absolute Gasteiger partial charge is 0.335 e. The van der Waals surface area contributed by atoms with Crippen LogP contribution >= 0.6 is 0 Å². The minimum atomic E-state index is -0.866. The third-order valence-corrected chi connectivity index (χ3v) is 17.3. The first kappa shape index (κ1) is 33.7. The molecule has 1 aliphatic heterocycles. The molecule has 0 aromatic heterocycles. The molecule has 0 radical (unpaired) electrons. The zero-order chi connectivity index (χ0) is 34.7. The second kappa shape index (κ2) is 11.3. The molecule has 1 amide bonds. The molecule has 1 aromatic rings. The van der Waals surface area contributed by atoms with E-state index < -0.39 is 5.97 Å². The van der Waals surface area contributed by atoms with E-state index in [0.29, 0.717) is 47.7 Å². The lowest BCUT2D eigenvalue weighted by molar-refractivity contribution is -0.219. The van der Waals surface area contributed by atoms with E-state index in [0.717, 1.165) is 38.1 Å². The Morgan fingerprint density at radius 2 is 1.65 bits per heavy atom. The van der Waals surface area contributed by atoms with Crippen molar-refractivity contribution in [3.8, 4) is 0 Å². The van der Waals surface area contributed by atoms with Gasteiger partial charge in [0.25, 0.3) is 0 Å². The van der Waals surface area contributed by atoms with E-state index >= 15 is 0 Å². The Labute approximate surface area is 295 Å². The first-order chi connectivity index (χ1) is 23.1. The van der Waals surface area contributed by atoms with Gasteiger partial charge in [0.15, 0.2) is 0 Å². The fourth-order valence-electron chi connectivity index (χ4n) is 15.0. The monoisotopic (exact) mass is 666 g/mol. The molecule has 0 spiro atoms. The van der Waals surface area contributed by atoms with Crippen molar-refractivity contribution in [3.63, 3.8) is 0 Å². The molecule has 1 aromatic carbocycles. The van der Waals surface area contributed by atoms with Gasteiger partial charge in [0, 0.05) is 18.1 Å². The Hall–Kier alpha value is -2.40. The maximum absolute atomic E-state index is 13.9. The molecule has 5 heteroatoms. The van der Waals surface area contributed by atoms with Crippen LogP contribution in [0.5, 0.6) is 0 Å². The highest BCUT2D eigenvalue weighted by atomic mass is 16.4. The molecule has 266 valence electrons. The lowest BCUT2D eigenvalue weighted by Crippen LogP contribution is -2.68. The molecule has 8 rings (SSSR count). The number of allylic oxidation sites excluding steroid dienone is 3. The molecule has 1 saturated heterocycles. The third-order valence-electron chi connectivity index (χ3n) is 17.3. The Morgan fingerprint density at radius 3 is 2.31 bits per heavy atom. The van der Waals surface area contributed by atoms with Gasteiger partial charge in [-0.05, 0) is 164 Å². The second-order valence-electron chi connectivity index (χ2n) is 19.6. The van der Waals surface area contributed by atoms with E-state index in [-0.39, 0.29) is 33.1 Å². The van der Waals surface area contributed by atoms with Crippen LogP contribution in [-0.2, 0) is 4.79 Å². The molecule has 11 atom stereocenters. The lowest BCUT2D eigenvalue weighted by Gasteiger charge is -2.72. The molecular formula is C44H62N2O3. The number of hydrogen-bond donors (Lipinski definition) is 2. The molecule has 49 heavy (non-hydrogen) atoms. The van der Waals surface area contributed by atoms with Crippen LogP contribution in [0.2, 0.25) is 0 Å². The minimum absolute atomic E-state index is 0.00810. The Bertz CT molecular complexity index is 1580. The summed E-state index contributed by atoms with van der Waals surface area (Å²) in [6.45, 7) is 21.5. The number of aromatic carboxylic acids is 1. The first-order valence-corrected chi connectivity index (χ1v) is 19.9. The SMILES string of the molecule is C=C(C)C1CCC2(NC(=O)CN3CC4CCC3C4)CCC3(C)C(CCC4C5(C)CC=C(c6ccc(C(=O)O)cc6)C(C)(C)C5CCC43C)C12. The van der Waals surface area contributed by atoms with Gasteiger partial charge in [0.1, 0.15) is 0 Å². The molecule has 6 aliphatic carbocycles. The van der Waals surface area contributed by atoms with E-state index in [9.17, 15) is 14.7 Å². The maximum Gasteiger partial charge on any atom is 0.335 e. The van der Waals surface area contributed by atoms with Gasteiger partial charge in [-0.2, -0.15) is 0 Å². The predicted molar refractivity (Wildman–Crippen MR) is 197 cm³/mol. The van der Waals surface area contributed by atoms with Crippen LogP contribution in [0.4, 0.5) is 0 Å². The number of carboxylic acids is 1. The molecule has 5 nitrogen and oxygen atoms in total. The van der Waals surface area contributed by atoms with Gasteiger partial charge >= 0.3 is 5.97 Å². The summed E-state index contributed by atoms with van der Waals surface area (Å²) >= 11 is 0. The average Bonchev–Trinajstić information content (AvgIpc) is 3.76. The van der Waals surface area contributed by atoms with E-state index in [1.165, 1.54) is 68.1 Å². The molecule has 7 aliphatic rings. The minimum Gasteiger partial charge on any atom is -0.478 e. The molecule has 11 unspecified atom stereocenters. The fourth-order valence-corrected chi connectivity index (χ4v) is 15.0. The van der Waals surface area contributed by atoms with Crippen molar-refractivity contribution in [2.24, 2.45) is 57.2 Å². The van der Waals surface area contributed by atoms with Crippen molar-refractivity contribution in [2.45, 2.75) is 130 Å². The van der Waals surface area contributed by atoms with Crippen molar-refractivity contribution in [1.82, 2.24) is 10.2 Å². The zero-order valence-corrected chi connectivity index (χ0v) is 31.2. The highest BCUT2D eigenvalue weighted by Crippen LogP contribution is 2.76. The van der Waals surface area contributed by atoms with E-state index in [1.54, 1.807) is 12.1 Å². The Morgan fingerprint density at radius 1 is 0.898 bits per heavy atom. The summed E-state index contributed by atoms with van der Waals surface area (Å²) in [6, 6.07) is 8.23. The average molecular weight is 667 g/mol. The van der Waals surface area contributed by atoms with Crippen LogP contribution in [-0.4, -0.2) is 46.6 Å². The standard InChI is InChI=1S/C44H62N2O3/c1-27(2)32-16-21-44(45-37(47)26-46-25-28-8-13-31(46)24-28)23-22-42(6)34(38(32)44)14-15-36-41(5)19-17-33(29-9-11-30(12-10-29)39(48)49)40(3,4)35(41)18-20-43(36,42)7/h9-12,17,28,31-32,34-36,38H,1,8,13-16,18-26H2,2-7H3,(H,45,47)(H,48,49). The largest absolute Gasteiger partial charge is 0.478 e. The van der Waals surface area contributed by atoms with Crippen molar-refractivity contribution in [1.29, 1.82) is 0 Å². The van der Waals surface area contributed by atoms with Crippen LogP contribution in [0.25, 0.3) is 5.57 Å². The molecule has 1 heterocycles.